The molecule has 0 amide bonds. The summed E-state index contributed by atoms with van der Waals surface area (Å²) in [6.45, 7) is 4.85. The van der Waals surface area contributed by atoms with E-state index in [2.05, 4.69) is 0 Å². The van der Waals surface area contributed by atoms with Crippen LogP contribution >= 0.6 is 0 Å². The van der Waals surface area contributed by atoms with E-state index in [4.69, 9.17) is 0 Å². The largest absolute Gasteiger partial charge is 0.326 e. The van der Waals surface area contributed by atoms with Crippen LogP contribution in [0.4, 0.5) is 8.78 Å². The molecule has 0 aliphatic heterocycles. The van der Waals surface area contributed by atoms with Crippen LogP contribution in [0, 0.1) is 0 Å². The highest BCUT2D eigenvalue weighted by molar-refractivity contribution is 4.92. The van der Waals surface area contributed by atoms with Crippen LogP contribution in [0.1, 0.15) is 20.8 Å². The Kier molecular flexibility index (Phi) is 3.79. The Hall–Kier alpha value is -0.860. The maximum atomic E-state index is 12.3. The molecule has 0 saturated heterocycles. The highest BCUT2D eigenvalue weighted by atomic mass is 19.3. The fourth-order valence-corrected chi connectivity index (χ4v) is 0.596. The predicted octanol–water partition coefficient (Wildman–Crippen LogP) is 3.08. The first-order valence-electron chi connectivity index (χ1n) is 3.62. The minimum Gasteiger partial charge on any atom is -0.296 e. The van der Waals surface area contributed by atoms with Gasteiger partial charge in [0.1, 0.15) is 0 Å². The lowest BCUT2D eigenvalue weighted by atomic mass is 10.6. The monoisotopic (exact) mass is 161 g/mol. The molecule has 0 aliphatic carbocycles. The van der Waals surface area contributed by atoms with Gasteiger partial charge in [-0.05, 0) is 12.1 Å². The van der Waals surface area contributed by atoms with Crippen molar-refractivity contribution in [2.24, 2.45) is 0 Å². The molecule has 1 rings (SSSR count). The van der Waals surface area contributed by atoms with Gasteiger partial charge in [-0.25, -0.2) is 0 Å². The van der Waals surface area contributed by atoms with Crippen LogP contribution in [-0.2, 0) is 6.05 Å². The van der Waals surface area contributed by atoms with Gasteiger partial charge in [-0.3, -0.25) is 4.57 Å². The summed E-state index contributed by atoms with van der Waals surface area (Å²) in [4.78, 5) is 0. The van der Waals surface area contributed by atoms with Crippen molar-refractivity contribution in [2.45, 2.75) is 26.8 Å². The first-order chi connectivity index (χ1) is 5.11. The van der Waals surface area contributed by atoms with Gasteiger partial charge in [0.25, 0.3) is 0 Å². The minimum atomic E-state index is -2.76. The highest BCUT2D eigenvalue weighted by Crippen LogP contribution is 2.18. The van der Waals surface area contributed by atoms with Gasteiger partial charge in [0.2, 0.25) is 0 Å². The highest BCUT2D eigenvalue weighted by Gasteiger charge is 2.21. The minimum absolute atomic E-state index is 0.854. The Labute approximate surface area is 65.6 Å². The molecule has 0 spiro atoms. The Morgan fingerprint density at radius 1 is 1.09 bits per heavy atom. The smallest absolute Gasteiger partial charge is 0.296 e. The molecular weight excluding hydrogens is 148 g/mol. The molecule has 11 heavy (non-hydrogen) atoms. The molecule has 1 nitrogen and oxygen atoms in total. The summed E-state index contributed by atoms with van der Waals surface area (Å²) in [5.41, 5.74) is 0. The molecule has 0 atom stereocenters. The molecule has 0 fully saturated rings. The van der Waals surface area contributed by atoms with Gasteiger partial charge in [0, 0.05) is 19.3 Å². The Balaban J connectivity index is 0.000000461. The maximum Gasteiger partial charge on any atom is 0.326 e. The van der Waals surface area contributed by atoms with Gasteiger partial charge in [-0.15, -0.1) is 0 Å². The van der Waals surface area contributed by atoms with Gasteiger partial charge >= 0.3 is 6.05 Å². The van der Waals surface area contributed by atoms with Crippen molar-refractivity contribution in [1.82, 2.24) is 4.57 Å². The molecular formula is C8H13F2N. The standard InChI is InChI=1S/C6H7F2N.C2H6/c1-6(7,8)9-4-2-3-5-9;1-2/h2-5H,1H3;1-2H3. The third kappa shape index (κ3) is 3.16. The van der Waals surface area contributed by atoms with E-state index in [1.165, 1.54) is 12.4 Å². The molecule has 0 aliphatic rings. The molecule has 0 radical (unpaired) electrons. The zero-order chi connectivity index (χ0) is 8.91. The van der Waals surface area contributed by atoms with E-state index < -0.39 is 6.05 Å². The quantitative estimate of drug-likeness (QED) is 0.596. The first-order valence-corrected chi connectivity index (χ1v) is 3.62. The molecule has 0 N–H and O–H groups in total. The number of halogens is 2. The average molecular weight is 161 g/mol. The molecule has 64 valence electrons. The molecule has 0 unspecified atom stereocenters. The summed E-state index contributed by atoms with van der Waals surface area (Å²) < 4.78 is 25.4. The van der Waals surface area contributed by atoms with Crippen LogP contribution in [0.25, 0.3) is 0 Å². The number of alkyl halides is 2. The van der Waals surface area contributed by atoms with Crippen LogP contribution in [0.5, 0.6) is 0 Å². The van der Waals surface area contributed by atoms with Crippen molar-refractivity contribution in [2.75, 3.05) is 0 Å². The average Bonchev–Trinajstić information content (AvgIpc) is 2.40. The number of rotatable bonds is 1. The zero-order valence-corrected chi connectivity index (χ0v) is 7.01. The zero-order valence-electron chi connectivity index (χ0n) is 7.01. The van der Waals surface area contributed by atoms with Crippen molar-refractivity contribution in [3.8, 4) is 0 Å². The van der Waals surface area contributed by atoms with Crippen LogP contribution in [0.2, 0.25) is 0 Å². The number of aromatic nitrogens is 1. The van der Waals surface area contributed by atoms with E-state index in [1.807, 2.05) is 13.8 Å². The lowest BCUT2D eigenvalue weighted by Crippen LogP contribution is -2.15. The number of hydrogen-bond donors (Lipinski definition) is 0. The summed E-state index contributed by atoms with van der Waals surface area (Å²) in [7, 11) is 0. The van der Waals surface area contributed by atoms with Crippen molar-refractivity contribution < 1.29 is 8.78 Å². The summed E-state index contributed by atoms with van der Waals surface area (Å²) in [5, 5.41) is 0. The van der Waals surface area contributed by atoms with Gasteiger partial charge in [0.15, 0.2) is 0 Å². The van der Waals surface area contributed by atoms with Crippen molar-refractivity contribution in [1.29, 1.82) is 0 Å². The van der Waals surface area contributed by atoms with Gasteiger partial charge in [-0.2, -0.15) is 8.78 Å². The summed E-state index contributed by atoms with van der Waals surface area (Å²) >= 11 is 0. The van der Waals surface area contributed by atoms with E-state index in [-0.39, 0.29) is 0 Å². The predicted molar refractivity (Wildman–Crippen MR) is 41.6 cm³/mol. The van der Waals surface area contributed by atoms with Crippen LogP contribution in [0.3, 0.4) is 0 Å². The van der Waals surface area contributed by atoms with Gasteiger partial charge in [-0.1, -0.05) is 13.8 Å². The Morgan fingerprint density at radius 2 is 1.45 bits per heavy atom. The maximum absolute atomic E-state index is 12.3. The van der Waals surface area contributed by atoms with Crippen molar-refractivity contribution in [3.05, 3.63) is 24.5 Å². The molecule has 3 heteroatoms. The van der Waals surface area contributed by atoms with Crippen molar-refractivity contribution in [3.63, 3.8) is 0 Å². The van der Waals surface area contributed by atoms with Gasteiger partial charge < -0.3 is 0 Å². The number of nitrogens with zero attached hydrogens (tertiary/aromatic N) is 1. The number of hydrogen-bond acceptors (Lipinski definition) is 0. The van der Waals surface area contributed by atoms with Crippen LogP contribution < -0.4 is 0 Å². The van der Waals surface area contributed by atoms with E-state index in [0.717, 1.165) is 11.5 Å². The van der Waals surface area contributed by atoms with E-state index in [9.17, 15) is 8.78 Å². The summed E-state index contributed by atoms with van der Waals surface area (Å²) in [6, 6.07) is 0.373. The van der Waals surface area contributed by atoms with E-state index in [0.29, 0.717) is 0 Å². The normalized spacial score (nSPS) is 10.3. The molecule has 0 bridgehead atoms. The Morgan fingerprint density at radius 3 is 1.64 bits per heavy atom. The molecule has 1 aromatic heterocycles. The lowest BCUT2D eigenvalue weighted by Gasteiger charge is -2.10. The second-order valence-corrected chi connectivity index (χ2v) is 1.93. The second kappa shape index (κ2) is 4.11. The third-order valence-electron chi connectivity index (χ3n) is 1.06. The van der Waals surface area contributed by atoms with E-state index in [1.54, 1.807) is 12.1 Å². The third-order valence-corrected chi connectivity index (χ3v) is 1.06. The fraction of sp³-hybridized carbons (Fsp3) is 0.500. The second-order valence-electron chi connectivity index (χ2n) is 1.93. The molecule has 1 heterocycles. The molecule has 0 aromatic carbocycles. The van der Waals surface area contributed by atoms with Crippen LogP contribution in [-0.4, -0.2) is 4.57 Å². The Bertz CT molecular complexity index is 174. The van der Waals surface area contributed by atoms with Gasteiger partial charge in [0.05, 0.1) is 0 Å². The molecule has 1 aromatic rings. The fourth-order valence-electron chi connectivity index (χ4n) is 0.596. The van der Waals surface area contributed by atoms with Crippen LogP contribution in [0.15, 0.2) is 24.5 Å². The van der Waals surface area contributed by atoms with Crippen molar-refractivity contribution >= 4 is 0 Å². The lowest BCUT2D eigenvalue weighted by molar-refractivity contribution is -0.0606. The first kappa shape index (κ1) is 10.1. The van der Waals surface area contributed by atoms with E-state index >= 15 is 0 Å². The topological polar surface area (TPSA) is 4.93 Å². The SMILES string of the molecule is CC.CC(F)(F)n1cccc1. The summed E-state index contributed by atoms with van der Waals surface area (Å²) in [6.07, 6.45) is 2.67. The summed E-state index contributed by atoms with van der Waals surface area (Å²) in [5.74, 6) is 0. The molecule has 0 saturated carbocycles.